The molecule has 0 atom stereocenters. The highest BCUT2D eigenvalue weighted by Crippen LogP contribution is 2.29. The van der Waals surface area contributed by atoms with Crippen LogP contribution in [-0.2, 0) is 0 Å². The number of nitro groups is 1. The molecule has 0 bridgehead atoms. The number of halogens is 2. The summed E-state index contributed by atoms with van der Waals surface area (Å²) in [7, 11) is 0. The minimum absolute atomic E-state index is 0.0838. The molecule has 0 saturated heterocycles. The van der Waals surface area contributed by atoms with Crippen LogP contribution in [0.5, 0.6) is 5.75 Å². The fourth-order valence-electron chi connectivity index (χ4n) is 1.27. The third-order valence-corrected chi connectivity index (χ3v) is 2.50. The molecule has 18 heavy (non-hydrogen) atoms. The van der Waals surface area contributed by atoms with Gasteiger partial charge in [0.05, 0.1) is 11.5 Å². The molecule has 0 unspecified atom stereocenters. The van der Waals surface area contributed by atoms with Crippen molar-refractivity contribution < 1.29 is 14.5 Å². The summed E-state index contributed by atoms with van der Waals surface area (Å²) >= 11 is 10.9. The Kier molecular flexibility index (Phi) is 5.37. The molecule has 0 aliphatic heterocycles. The molecular weight excluding hydrogens is 281 g/mol. The van der Waals surface area contributed by atoms with Crippen LogP contribution in [0.3, 0.4) is 0 Å². The number of alkyl halides is 2. The smallest absolute Gasteiger partial charge is 0.311 e. The molecule has 0 spiro atoms. The average molecular weight is 292 g/mol. The van der Waals surface area contributed by atoms with Crippen LogP contribution in [0.2, 0.25) is 0 Å². The number of nitro benzene ring substituents is 1. The van der Waals surface area contributed by atoms with Gasteiger partial charge in [-0.05, 0) is 18.6 Å². The second-order valence-corrected chi connectivity index (χ2v) is 4.55. The summed E-state index contributed by atoms with van der Waals surface area (Å²) in [5, 5.41) is 10.9. The van der Waals surface area contributed by atoms with Crippen molar-refractivity contribution in [1.82, 2.24) is 0 Å². The van der Waals surface area contributed by atoms with Crippen LogP contribution in [0.4, 0.5) is 5.69 Å². The standard InChI is InChI=1S/C11H11Cl2NO4/c1-2-5-18-9-4-3-7(10(15)11(12)13)6-8(9)14(16)17/h3-4,6,11H,2,5H2,1H3. The molecule has 0 amide bonds. The van der Waals surface area contributed by atoms with Crippen molar-refractivity contribution in [3.05, 3.63) is 33.9 Å². The zero-order valence-electron chi connectivity index (χ0n) is 9.56. The lowest BCUT2D eigenvalue weighted by Gasteiger charge is -2.07. The first-order chi connectivity index (χ1) is 8.47. The van der Waals surface area contributed by atoms with Crippen molar-refractivity contribution in [2.75, 3.05) is 6.61 Å². The van der Waals surface area contributed by atoms with E-state index >= 15 is 0 Å². The molecule has 0 heterocycles. The predicted octanol–water partition coefficient (Wildman–Crippen LogP) is 3.37. The normalized spacial score (nSPS) is 10.4. The highest BCUT2D eigenvalue weighted by Gasteiger charge is 2.21. The summed E-state index contributed by atoms with van der Waals surface area (Å²) in [6, 6.07) is 3.89. The zero-order chi connectivity index (χ0) is 13.7. The predicted molar refractivity (Wildman–Crippen MR) is 68.7 cm³/mol. The number of Topliss-reactive ketones (excluding diaryl/α,β-unsaturated/α-hetero) is 1. The van der Waals surface area contributed by atoms with Crippen molar-refractivity contribution in [2.45, 2.75) is 18.2 Å². The molecule has 7 heteroatoms. The number of benzene rings is 1. The van der Waals surface area contributed by atoms with Gasteiger partial charge in [0.1, 0.15) is 0 Å². The number of hydrogen-bond donors (Lipinski definition) is 0. The summed E-state index contributed by atoms with van der Waals surface area (Å²) < 4.78 is 5.22. The Balaban J connectivity index is 3.11. The maximum Gasteiger partial charge on any atom is 0.311 e. The lowest BCUT2D eigenvalue weighted by Crippen LogP contribution is -2.09. The average Bonchev–Trinajstić information content (AvgIpc) is 2.34. The molecule has 0 N–H and O–H groups in total. The maximum absolute atomic E-state index is 11.5. The van der Waals surface area contributed by atoms with E-state index in [0.29, 0.717) is 6.61 Å². The molecule has 0 radical (unpaired) electrons. The Morgan fingerprint density at radius 1 is 1.50 bits per heavy atom. The molecule has 0 aromatic heterocycles. The first-order valence-corrected chi connectivity index (χ1v) is 6.08. The molecule has 0 fully saturated rings. The number of rotatable bonds is 6. The monoisotopic (exact) mass is 291 g/mol. The molecule has 0 saturated carbocycles. The number of hydrogen-bond acceptors (Lipinski definition) is 4. The first-order valence-electron chi connectivity index (χ1n) is 5.21. The summed E-state index contributed by atoms with van der Waals surface area (Å²) in [6.07, 6.45) is 0.725. The second-order valence-electron chi connectivity index (χ2n) is 3.45. The number of ketones is 1. The molecule has 1 aromatic carbocycles. The Morgan fingerprint density at radius 3 is 2.67 bits per heavy atom. The van der Waals surface area contributed by atoms with Crippen LogP contribution >= 0.6 is 23.2 Å². The quantitative estimate of drug-likeness (QED) is 0.349. The van der Waals surface area contributed by atoms with E-state index in [1.54, 1.807) is 0 Å². The summed E-state index contributed by atoms with van der Waals surface area (Å²) in [5.41, 5.74) is -0.191. The Bertz CT molecular complexity index is 462. The van der Waals surface area contributed by atoms with E-state index in [2.05, 4.69) is 0 Å². The Labute approximate surface area is 114 Å². The van der Waals surface area contributed by atoms with Gasteiger partial charge in [-0.2, -0.15) is 0 Å². The van der Waals surface area contributed by atoms with Gasteiger partial charge >= 0.3 is 5.69 Å². The van der Waals surface area contributed by atoms with Crippen molar-refractivity contribution in [2.24, 2.45) is 0 Å². The van der Waals surface area contributed by atoms with Crippen molar-refractivity contribution >= 4 is 34.7 Å². The van der Waals surface area contributed by atoms with Gasteiger partial charge in [-0.15, -0.1) is 0 Å². The topological polar surface area (TPSA) is 69.4 Å². The van der Waals surface area contributed by atoms with E-state index in [0.717, 1.165) is 12.5 Å². The molecule has 5 nitrogen and oxygen atoms in total. The van der Waals surface area contributed by atoms with E-state index < -0.39 is 15.5 Å². The van der Waals surface area contributed by atoms with E-state index in [4.69, 9.17) is 27.9 Å². The third-order valence-electron chi connectivity index (χ3n) is 2.10. The minimum Gasteiger partial charge on any atom is -0.487 e. The lowest BCUT2D eigenvalue weighted by molar-refractivity contribution is -0.385. The van der Waals surface area contributed by atoms with Crippen molar-refractivity contribution in [1.29, 1.82) is 0 Å². The summed E-state index contributed by atoms with van der Waals surface area (Å²) in [5.74, 6) is -0.456. The minimum atomic E-state index is -1.24. The van der Waals surface area contributed by atoms with Crippen molar-refractivity contribution in [3.63, 3.8) is 0 Å². The van der Waals surface area contributed by atoms with Crippen LogP contribution in [-0.4, -0.2) is 22.1 Å². The zero-order valence-corrected chi connectivity index (χ0v) is 11.1. The Morgan fingerprint density at radius 2 is 2.17 bits per heavy atom. The van der Waals surface area contributed by atoms with Gasteiger partial charge in [0.2, 0.25) is 0 Å². The van der Waals surface area contributed by atoms with Gasteiger partial charge in [0.15, 0.2) is 16.4 Å². The molecule has 0 aliphatic carbocycles. The highest BCUT2D eigenvalue weighted by molar-refractivity contribution is 6.55. The van der Waals surface area contributed by atoms with E-state index in [1.807, 2.05) is 6.92 Å². The van der Waals surface area contributed by atoms with Crippen LogP contribution < -0.4 is 4.74 Å². The number of carbonyl (C=O) groups is 1. The lowest BCUT2D eigenvalue weighted by atomic mass is 10.1. The molecule has 1 aromatic rings. The fraction of sp³-hybridized carbons (Fsp3) is 0.364. The first kappa shape index (κ1) is 14.7. The van der Waals surface area contributed by atoms with E-state index in [9.17, 15) is 14.9 Å². The van der Waals surface area contributed by atoms with E-state index in [-0.39, 0.29) is 17.0 Å². The van der Waals surface area contributed by atoms with Crippen LogP contribution in [0.15, 0.2) is 18.2 Å². The molecule has 0 aliphatic rings. The number of ether oxygens (including phenoxy) is 1. The number of carbonyl (C=O) groups excluding carboxylic acids is 1. The summed E-state index contributed by atoms with van der Waals surface area (Å²) in [6.45, 7) is 2.25. The SMILES string of the molecule is CCCOc1ccc(C(=O)C(Cl)Cl)cc1[N+](=O)[O-]. The molecule has 98 valence electrons. The van der Waals surface area contributed by atoms with Gasteiger partial charge in [-0.3, -0.25) is 14.9 Å². The van der Waals surface area contributed by atoms with Crippen molar-refractivity contribution in [3.8, 4) is 5.75 Å². The Hall–Kier alpha value is -1.33. The van der Waals surface area contributed by atoms with Crippen LogP contribution in [0.25, 0.3) is 0 Å². The number of nitrogens with zero attached hydrogens (tertiary/aromatic N) is 1. The molecule has 1 rings (SSSR count). The maximum atomic E-state index is 11.5. The van der Waals surface area contributed by atoms with Crippen LogP contribution in [0, 0.1) is 10.1 Å². The van der Waals surface area contributed by atoms with Gasteiger partial charge in [-0.25, -0.2) is 0 Å². The highest BCUT2D eigenvalue weighted by atomic mass is 35.5. The van der Waals surface area contributed by atoms with Gasteiger partial charge in [-0.1, -0.05) is 30.1 Å². The third kappa shape index (κ3) is 3.58. The van der Waals surface area contributed by atoms with Crippen LogP contribution in [0.1, 0.15) is 23.7 Å². The van der Waals surface area contributed by atoms with E-state index in [1.165, 1.54) is 12.1 Å². The van der Waals surface area contributed by atoms with Gasteiger partial charge in [0.25, 0.3) is 0 Å². The largest absolute Gasteiger partial charge is 0.487 e. The molecular formula is C11H11Cl2NO4. The second kappa shape index (κ2) is 6.56. The van der Waals surface area contributed by atoms with Gasteiger partial charge < -0.3 is 4.74 Å². The summed E-state index contributed by atoms with van der Waals surface area (Å²) in [4.78, 5) is 20.5. The fourth-order valence-corrected chi connectivity index (χ4v) is 1.53. The van der Waals surface area contributed by atoms with Gasteiger partial charge in [0, 0.05) is 11.6 Å².